The van der Waals surface area contributed by atoms with Crippen molar-refractivity contribution in [2.75, 3.05) is 0 Å². The maximum Gasteiger partial charge on any atom is 0.115 e. The monoisotopic (exact) mass is 164 g/mol. The van der Waals surface area contributed by atoms with Crippen molar-refractivity contribution < 1.29 is 0 Å². The molecule has 0 aliphatic rings. The molecule has 0 aliphatic heterocycles. The molecule has 0 radical (unpaired) electrons. The van der Waals surface area contributed by atoms with E-state index in [0.29, 0.717) is 5.92 Å². The molecule has 0 aromatic carbocycles. The summed E-state index contributed by atoms with van der Waals surface area (Å²) in [4.78, 5) is 8.21. The second-order valence-corrected chi connectivity index (χ2v) is 3.25. The average molecular weight is 164 g/mol. The third-order valence-electron chi connectivity index (χ3n) is 2.20. The van der Waals surface area contributed by atoms with E-state index in [9.17, 15) is 0 Å². The Morgan fingerprint density at radius 3 is 2.83 bits per heavy atom. The predicted octanol–water partition coefficient (Wildman–Crippen LogP) is 2.69. The Kier molecular flexibility index (Phi) is 3.20. The van der Waals surface area contributed by atoms with Crippen LogP contribution in [0.2, 0.25) is 0 Å². The van der Waals surface area contributed by atoms with Gasteiger partial charge in [-0.15, -0.1) is 0 Å². The van der Waals surface area contributed by atoms with Crippen LogP contribution in [0.4, 0.5) is 0 Å². The van der Waals surface area contributed by atoms with Crippen molar-refractivity contribution in [3.63, 3.8) is 0 Å². The fourth-order valence-corrected chi connectivity index (χ4v) is 1.47. The third kappa shape index (κ3) is 2.03. The molecule has 0 saturated heterocycles. The average Bonchev–Trinajstić information content (AvgIpc) is 2.05. The van der Waals surface area contributed by atoms with Gasteiger partial charge in [0, 0.05) is 11.9 Å². The molecule has 1 atom stereocenters. The summed E-state index contributed by atoms with van der Waals surface area (Å²) < 4.78 is 0. The number of hydrogen-bond donors (Lipinski definition) is 0. The summed E-state index contributed by atoms with van der Waals surface area (Å²) in [5, 5.41) is 0. The Morgan fingerprint density at radius 1 is 1.50 bits per heavy atom. The molecule has 0 N–H and O–H groups in total. The molecule has 12 heavy (non-hydrogen) atoms. The summed E-state index contributed by atoms with van der Waals surface area (Å²) in [7, 11) is 0. The first-order valence-corrected chi connectivity index (χ1v) is 4.52. The molecule has 1 aromatic heterocycles. The number of hydrogen-bond acceptors (Lipinski definition) is 2. The van der Waals surface area contributed by atoms with Crippen molar-refractivity contribution >= 4 is 0 Å². The summed E-state index contributed by atoms with van der Waals surface area (Å²) in [6, 6.07) is 0. The molecular weight excluding hydrogens is 148 g/mol. The van der Waals surface area contributed by atoms with E-state index in [1.165, 1.54) is 18.4 Å². The highest BCUT2D eigenvalue weighted by molar-refractivity contribution is 5.18. The van der Waals surface area contributed by atoms with E-state index < -0.39 is 0 Å². The minimum absolute atomic E-state index is 0.594. The van der Waals surface area contributed by atoms with Crippen LogP contribution >= 0.6 is 0 Å². The molecule has 1 rings (SSSR count). The maximum absolute atomic E-state index is 4.17. The van der Waals surface area contributed by atoms with Gasteiger partial charge in [-0.3, -0.25) is 0 Å². The van der Waals surface area contributed by atoms with Crippen molar-refractivity contribution in [3.05, 3.63) is 23.8 Å². The lowest BCUT2D eigenvalue weighted by Crippen LogP contribution is -1.98. The van der Waals surface area contributed by atoms with Gasteiger partial charge in [0.1, 0.15) is 6.33 Å². The van der Waals surface area contributed by atoms with Crippen LogP contribution in [-0.4, -0.2) is 9.97 Å². The van der Waals surface area contributed by atoms with Gasteiger partial charge in [-0.05, 0) is 24.8 Å². The van der Waals surface area contributed by atoms with Gasteiger partial charge in [0.2, 0.25) is 0 Å². The molecule has 0 spiro atoms. The summed E-state index contributed by atoms with van der Waals surface area (Å²) in [6.45, 7) is 6.48. The molecule has 1 aromatic rings. The van der Waals surface area contributed by atoms with Crippen LogP contribution in [0.15, 0.2) is 12.5 Å². The number of nitrogens with zero attached hydrogens (tertiary/aromatic N) is 2. The second kappa shape index (κ2) is 4.19. The van der Waals surface area contributed by atoms with E-state index in [-0.39, 0.29) is 0 Å². The molecule has 0 fully saturated rings. The summed E-state index contributed by atoms with van der Waals surface area (Å²) in [5.74, 6) is 0.594. The largest absolute Gasteiger partial charge is 0.245 e. The smallest absolute Gasteiger partial charge is 0.115 e. The summed E-state index contributed by atoms with van der Waals surface area (Å²) in [6.07, 6.45) is 5.98. The Balaban J connectivity index is 2.79. The second-order valence-electron chi connectivity index (χ2n) is 3.25. The molecule has 0 bridgehead atoms. The van der Waals surface area contributed by atoms with Crippen molar-refractivity contribution in [1.29, 1.82) is 0 Å². The zero-order chi connectivity index (χ0) is 8.97. The highest BCUT2D eigenvalue weighted by atomic mass is 14.8. The van der Waals surface area contributed by atoms with E-state index >= 15 is 0 Å². The highest BCUT2D eigenvalue weighted by Gasteiger charge is 2.07. The normalized spacial score (nSPS) is 12.9. The number of aromatic nitrogens is 2. The maximum atomic E-state index is 4.17. The molecular formula is C10H16N2. The zero-order valence-electron chi connectivity index (χ0n) is 8.04. The first-order chi connectivity index (χ1) is 5.75. The van der Waals surface area contributed by atoms with E-state index in [1.54, 1.807) is 6.33 Å². The minimum atomic E-state index is 0.594. The lowest BCUT2D eigenvalue weighted by atomic mass is 9.97. The van der Waals surface area contributed by atoms with Gasteiger partial charge in [0.15, 0.2) is 0 Å². The van der Waals surface area contributed by atoms with Gasteiger partial charge in [0.25, 0.3) is 0 Å². The Bertz CT molecular complexity index is 245. The first kappa shape index (κ1) is 9.17. The van der Waals surface area contributed by atoms with Crippen LogP contribution in [0.25, 0.3) is 0 Å². The summed E-state index contributed by atoms with van der Waals surface area (Å²) >= 11 is 0. The lowest BCUT2D eigenvalue weighted by molar-refractivity contribution is 0.654. The molecule has 0 amide bonds. The molecule has 0 aliphatic carbocycles. The van der Waals surface area contributed by atoms with Crippen LogP contribution in [-0.2, 0) is 0 Å². The van der Waals surface area contributed by atoms with Crippen LogP contribution in [0.5, 0.6) is 0 Å². The molecule has 1 heterocycles. The van der Waals surface area contributed by atoms with E-state index in [1.807, 2.05) is 13.1 Å². The van der Waals surface area contributed by atoms with Crippen LogP contribution in [0.1, 0.15) is 43.9 Å². The van der Waals surface area contributed by atoms with Crippen LogP contribution in [0, 0.1) is 6.92 Å². The molecule has 2 heteroatoms. The van der Waals surface area contributed by atoms with Crippen LogP contribution in [0.3, 0.4) is 0 Å². The Morgan fingerprint density at radius 2 is 2.25 bits per heavy atom. The van der Waals surface area contributed by atoms with Crippen molar-refractivity contribution in [2.45, 2.75) is 39.5 Å². The van der Waals surface area contributed by atoms with E-state index in [0.717, 1.165) is 5.69 Å². The molecule has 0 saturated carbocycles. The zero-order valence-corrected chi connectivity index (χ0v) is 8.04. The molecule has 1 unspecified atom stereocenters. The fourth-order valence-electron chi connectivity index (χ4n) is 1.47. The van der Waals surface area contributed by atoms with Gasteiger partial charge in [-0.1, -0.05) is 20.3 Å². The van der Waals surface area contributed by atoms with Gasteiger partial charge in [0.05, 0.1) is 0 Å². The van der Waals surface area contributed by atoms with E-state index in [4.69, 9.17) is 0 Å². The van der Waals surface area contributed by atoms with Gasteiger partial charge < -0.3 is 0 Å². The number of rotatable bonds is 3. The van der Waals surface area contributed by atoms with Crippen LogP contribution < -0.4 is 0 Å². The first-order valence-electron chi connectivity index (χ1n) is 4.52. The number of aryl methyl sites for hydroxylation is 1. The van der Waals surface area contributed by atoms with Gasteiger partial charge in [-0.25, -0.2) is 9.97 Å². The SMILES string of the molecule is CCCC(C)c1cncnc1C. The Hall–Kier alpha value is -0.920. The van der Waals surface area contributed by atoms with Crippen molar-refractivity contribution in [3.8, 4) is 0 Å². The lowest BCUT2D eigenvalue weighted by Gasteiger charge is -2.11. The minimum Gasteiger partial charge on any atom is -0.245 e. The van der Waals surface area contributed by atoms with Gasteiger partial charge >= 0.3 is 0 Å². The van der Waals surface area contributed by atoms with Gasteiger partial charge in [-0.2, -0.15) is 0 Å². The Labute approximate surface area is 74.1 Å². The molecule has 2 nitrogen and oxygen atoms in total. The summed E-state index contributed by atoms with van der Waals surface area (Å²) in [5.41, 5.74) is 2.41. The van der Waals surface area contributed by atoms with Crippen molar-refractivity contribution in [1.82, 2.24) is 9.97 Å². The van der Waals surface area contributed by atoms with Crippen molar-refractivity contribution in [2.24, 2.45) is 0 Å². The highest BCUT2D eigenvalue weighted by Crippen LogP contribution is 2.20. The quantitative estimate of drug-likeness (QED) is 0.686. The standard InChI is InChI=1S/C10H16N2/c1-4-5-8(2)10-6-11-7-12-9(10)3/h6-8H,4-5H2,1-3H3. The molecule has 66 valence electrons. The van der Waals surface area contributed by atoms with E-state index in [2.05, 4.69) is 23.8 Å². The topological polar surface area (TPSA) is 25.8 Å². The third-order valence-corrected chi connectivity index (χ3v) is 2.20. The predicted molar refractivity (Wildman–Crippen MR) is 50.1 cm³/mol. The fraction of sp³-hybridized carbons (Fsp3) is 0.600.